The van der Waals surface area contributed by atoms with Gasteiger partial charge in [0.25, 0.3) is 5.91 Å². The molecular formula is C21H30N2O3. The van der Waals surface area contributed by atoms with E-state index in [4.69, 9.17) is 9.47 Å². The maximum Gasteiger partial charge on any atom is 0.253 e. The van der Waals surface area contributed by atoms with Crippen molar-refractivity contribution in [2.24, 2.45) is 0 Å². The Labute approximate surface area is 156 Å². The van der Waals surface area contributed by atoms with Gasteiger partial charge in [0.1, 0.15) is 0 Å². The molecule has 0 fully saturated rings. The molecule has 0 atom stereocenters. The number of aryl methyl sites for hydroxylation is 1. The minimum Gasteiger partial charge on any atom is -0.382 e. The largest absolute Gasteiger partial charge is 0.382 e. The number of benzene rings is 1. The Bertz CT molecular complexity index is 735. The van der Waals surface area contributed by atoms with Crippen LogP contribution in [0.4, 0.5) is 0 Å². The first kappa shape index (κ1) is 20.2. The van der Waals surface area contributed by atoms with Crippen molar-refractivity contribution in [2.75, 3.05) is 33.5 Å². The molecule has 26 heavy (non-hydrogen) atoms. The standard InChI is InChI=1S/C21H30N2O3/c1-15(2)18-7-6-8-19(14-18)23-16(3)13-20(17(23)4)21(24)22-9-10-26-12-11-25-5/h6-8,13-15H,9-12H2,1-5H3,(H,22,24). The Morgan fingerprint density at radius 2 is 1.92 bits per heavy atom. The molecule has 0 aliphatic rings. The van der Waals surface area contributed by atoms with Gasteiger partial charge in [0.05, 0.1) is 25.4 Å². The summed E-state index contributed by atoms with van der Waals surface area (Å²) in [6.45, 7) is 10.4. The first-order chi connectivity index (χ1) is 12.5. The SMILES string of the molecule is COCCOCCNC(=O)c1cc(C)n(-c2cccc(C(C)C)c2)c1C. The molecule has 2 aromatic rings. The van der Waals surface area contributed by atoms with Crippen LogP contribution < -0.4 is 5.32 Å². The molecule has 1 N–H and O–H groups in total. The van der Waals surface area contributed by atoms with Crippen LogP contribution in [0.2, 0.25) is 0 Å². The van der Waals surface area contributed by atoms with Gasteiger partial charge in [-0.15, -0.1) is 0 Å². The second kappa shape index (κ2) is 9.55. The van der Waals surface area contributed by atoms with Crippen molar-refractivity contribution in [3.8, 4) is 5.69 Å². The first-order valence-corrected chi connectivity index (χ1v) is 9.09. The van der Waals surface area contributed by atoms with Crippen molar-refractivity contribution in [2.45, 2.75) is 33.6 Å². The molecule has 0 aliphatic carbocycles. The van der Waals surface area contributed by atoms with Crippen molar-refractivity contribution in [1.29, 1.82) is 0 Å². The number of carbonyl (C=O) groups excluding carboxylic acids is 1. The quantitative estimate of drug-likeness (QED) is 0.697. The molecular weight excluding hydrogens is 328 g/mol. The van der Waals surface area contributed by atoms with E-state index in [0.29, 0.717) is 37.8 Å². The average molecular weight is 358 g/mol. The zero-order valence-corrected chi connectivity index (χ0v) is 16.5. The summed E-state index contributed by atoms with van der Waals surface area (Å²) in [6, 6.07) is 10.4. The highest BCUT2D eigenvalue weighted by molar-refractivity contribution is 5.95. The zero-order valence-electron chi connectivity index (χ0n) is 16.5. The van der Waals surface area contributed by atoms with Crippen LogP contribution >= 0.6 is 0 Å². The molecule has 142 valence electrons. The van der Waals surface area contributed by atoms with Gasteiger partial charge in [-0.3, -0.25) is 4.79 Å². The van der Waals surface area contributed by atoms with E-state index in [2.05, 4.69) is 48.0 Å². The summed E-state index contributed by atoms with van der Waals surface area (Å²) in [5.41, 5.74) is 5.07. The highest BCUT2D eigenvalue weighted by atomic mass is 16.5. The minimum absolute atomic E-state index is 0.0697. The number of aromatic nitrogens is 1. The average Bonchev–Trinajstić information content (AvgIpc) is 2.92. The molecule has 1 amide bonds. The highest BCUT2D eigenvalue weighted by Gasteiger charge is 2.16. The highest BCUT2D eigenvalue weighted by Crippen LogP contribution is 2.24. The molecule has 0 radical (unpaired) electrons. The molecule has 2 rings (SSSR count). The van der Waals surface area contributed by atoms with E-state index in [-0.39, 0.29) is 5.91 Å². The van der Waals surface area contributed by atoms with Crippen LogP contribution in [0.25, 0.3) is 5.69 Å². The molecule has 0 spiro atoms. The number of nitrogens with zero attached hydrogens (tertiary/aromatic N) is 1. The number of hydrogen-bond acceptors (Lipinski definition) is 3. The van der Waals surface area contributed by atoms with Crippen LogP contribution in [-0.2, 0) is 9.47 Å². The smallest absolute Gasteiger partial charge is 0.253 e. The van der Waals surface area contributed by atoms with E-state index in [9.17, 15) is 4.79 Å². The summed E-state index contributed by atoms with van der Waals surface area (Å²) in [4.78, 5) is 12.5. The van der Waals surface area contributed by atoms with E-state index in [0.717, 1.165) is 17.1 Å². The number of hydrogen-bond donors (Lipinski definition) is 1. The second-order valence-electron chi connectivity index (χ2n) is 6.73. The van der Waals surface area contributed by atoms with Gasteiger partial charge in [0.2, 0.25) is 0 Å². The fourth-order valence-corrected chi connectivity index (χ4v) is 2.99. The Morgan fingerprint density at radius 1 is 1.15 bits per heavy atom. The van der Waals surface area contributed by atoms with Gasteiger partial charge in [0.15, 0.2) is 0 Å². The second-order valence-corrected chi connectivity index (χ2v) is 6.73. The summed E-state index contributed by atoms with van der Waals surface area (Å²) < 4.78 is 12.4. The summed E-state index contributed by atoms with van der Waals surface area (Å²) in [5, 5.41) is 2.92. The summed E-state index contributed by atoms with van der Waals surface area (Å²) in [7, 11) is 1.64. The van der Waals surface area contributed by atoms with E-state index in [1.165, 1.54) is 5.56 Å². The van der Waals surface area contributed by atoms with Gasteiger partial charge in [0, 0.05) is 30.7 Å². The third kappa shape index (κ3) is 4.96. The van der Waals surface area contributed by atoms with Gasteiger partial charge >= 0.3 is 0 Å². The predicted octanol–water partition coefficient (Wildman–Crippen LogP) is 3.61. The molecule has 1 aromatic heterocycles. The van der Waals surface area contributed by atoms with E-state index < -0.39 is 0 Å². The number of carbonyl (C=O) groups is 1. The molecule has 0 bridgehead atoms. The molecule has 0 saturated heterocycles. The van der Waals surface area contributed by atoms with Crippen LogP contribution in [0.1, 0.15) is 47.1 Å². The van der Waals surface area contributed by atoms with Gasteiger partial charge in [-0.1, -0.05) is 26.0 Å². The zero-order chi connectivity index (χ0) is 19.1. The molecule has 1 heterocycles. The third-order valence-corrected chi connectivity index (χ3v) is 4.43. The molecule has 0 aliphatic heterocycles. The van der Waals surface area contributed by atoms with Crippen LogP contribution in [0.15, 0.2) is 30.3 Å². The monoisotopic (exact) mass is 358 g/mol. The van der Waals surface area contributed by atoms with Crippen LogP contribution in [0.5, 0.6) is 0 Å². The number of nitrogens with one attached hydrogen (secondary N) is 1. The number of amides is 1. The van der Waals surface area contributed by atoms with E-state index in [1.807, 2.05) is 19.9 Å². The van der Waals surface area contributed by atoms with Crippen LogP contribution in [-0.4, -0.2) is 43.9 Å². The predicted molar refractivity (Wildman–Crippen MR) is 104 cm³/mol. The van der Waals surface area contributed by atoms with Gasteiger partial charge < -0.3 is 19.4 Å². The third-order valence-electron chi connectivity index (χ3n) is 4.43. The number of ether oxygens (including phenoxy) is 2. The van der Waals surface area contributed by atoms with E-state index in [1.54, 1.807) is 7.11 Å². The Balaban J connectivity index is 2.10. The van der Waals surface area contributed by atoms with Crippen molar-refractivity contribution >= 4 is 5.91 Å². The fourth-order valence-electron chi connectivity index (χ4n) is 2.99. The van der Waals surface area contributed by atoms with E-state index >= 15 is 0 Å². The normalized spacial score (nSPS) is 11.2. The number of rotatable bonds is 9. The molecule has 5 nitrogen and oxygen atoms in total. The summed E-state index contributed by atoms with van der Waals surface area (Å²) in [5.74, 6) is 0.395. The molecule has 1 aromatic carbocycles. The summed E-state index contributed by atoms with van der Waals surface area (Å²) in [6.07, 6.45) is 0. The van der Waals surface area contributed by atoms with Crippen LogP contribution in [0, 0.1) is 13.8 Å². The molecule has 0 unspecified atom stereocenters. The lowest BCUT2D eigenvalue weighted by atomic mass is 10.0. The topological polar surface area (TPSA) is 52.5 Å². The van der Waals surface area contributed by atoms with Gasteiger partial charge in [-0.05, 0) is 43.5 Å². The summed E-state index contributed by atoms with van der Waals surface area (Å²) >= 11 is 0. The van der Waals surface area contributed by atoms with Crippen molar-refractivity contribution < 1.29 is 14.3 Å². The lowest BCUT2D eigenvalue weighted by molar-refractivity contribution is 0.0692. The maximum absolute atomic E-state index is 12.5. The van der Waals surface area contributed by atoms with Crippen LogP contribution in [0.3, 0.4) is 0 Å². The maximum atomic E-state index is 12.5. The van der Waals surface area contributed by atoms with Crippen molar-refractivity contribution in [3.63, 3.8) is 0 Å². The Morgan fingerprint density at radius 3 is 2.62 bits per heavy atom. The lowest BCUT2D eigenvalue weighted by Crippen LogP contribution is -2.28. The minimum atomic E-state index is -0.0697. The lowest BCUT2D eigenvalue weighted by Gasteiger charge is -2.13. The van der Waals surface area contributed by atoms with Gasteiger partial charge in [-0.2, -0.15) is 0 Å². The molecule has 0 saturated carbocycles. The fraction of sp³-hybridized carbons (Fsp3) is 0.476. The Hall–Kier alpha value is -2.11. The first-order valence-electron chi connectivity index (χ1n) is 9.09. The molecule has 5 heteroatoms. The van der Waals surface area contributed by atoms with Gasteiger partial charge in [-0.25, -0.2) is 0 Å². The number of methoxy groups -OCH3 is 1. The van der Waals surface area contributed by atoms with Crippen molar-refractivity contribution in [3.05, 3.63) is 52.8 Å². The van der Waals surface area contributed by atoms with Crippen molar-refractivity contribution in [1.82, 2.24) is 9.88 Å². The Kier molecular flexibility index (Phi) is 7.42.